The van der Waals surface area contributed by atoms with Crippen LogP contribution >= 0.6 is 0 Å². The first-order chi connectivity index (χ1) is 11.9. The number of aliphatic imine (C=N–C) groups is 1. The van der Waals surface area contributed by atoms with Gasteiger partial charge in [-0.2, -0.15) is 0 Å². The highest BCUT2D eigenvalue weighted by Gasteiger charge is 2.28. The molecule has 1 amide bonds. The van der Waals surface area contributed by atoms with E-state index < -0.39 is 0 Å². The fourth-order valence-corrected chi connectivity index (χ4v) is 3.47. The molecule has 2 fully saturated rings. The van der Waals surface area contributed by atoms with Crippen LogP contribution < -0.4 is 10.6 Å². The Kier molecular flexibility index (Phi) is 7.50. The summed E-state index contributed by atoms with van der Waals surface area (Å²) in [6, 6.07) is 0.766. The molecule has 2 heterocycles. The van der Waals surface area contributed by atoms with Gasteiger partial charge >= 0.3 is 0 Å². The summed E-state index contributed by atoms with van der Waals surface area (Å²) in [4.78, 5) is 23.3. The minimum Gasteiger partial charge on any atom is -0.355 e. The molecule has 2 N–H and O–H groups in total. The second-order valence-electron chi connectivity index (χ2n) is 7.71. The number of carbonyl (C=O) groups excluding carboxylic acids is 1. The van der Waals surface area contributed by atoms with Crippen LogP contribution in [0.15, 0.2) is 4.99 Å². The molecule has 2 aliphatic rings. The van der Waals surface area contributed by atoms with Gasteiger partial charge in [0.25, 0.3) is 0 Å². The molecule has 7 nitrogen and oxygen atoms in total. The molecule has 2 unspecified atom stereocenters. The average molecular weight is 353 g/mol. The zero-order chi connectivity index (χ0) is 18.4. The lowest BCUT2D eigenvalue weighted by Crippen LogP contribution is -2.53. The maximum absolute atomic E-state index is 12.1. The van der Waals surface area contributed by atoms with Gasteiger partial charge in [0.15, 0.2) is 5.96 Å². The first-order valence-corrected chi connectivity index (χ1v) is 9.59. The molecule has 144 valence electrons. The summed E-state index contributed by atoms with van der Waals surface area (Å²) in [5, 5.41) is 6.92. The van der Waals surface area contributed by atoms with Crippen LogP contribution in [-0.4, -0.2) is 98.6 Å². The number of likely N-dealkylation sites (tertiary alicyclic amines) is 1. The molecule has 0 aromatic rings. The molecule has 0 saturated carbocycles. The summed E-state index contributed by atoms with van der Waals surface area (Å²) < 4.78 is 0. The summed E-state index contributed by atoms with van der Waals surface area (Å²) in [6.45, 7) is 13.2. The maximum Gasteiger partial charge on any atom is 0.225 e. The fraction of sp³-hybridized carbons (Fsp3) is 0.889. The quantitative estimate of drug-likeness (QED) is 0.541. The summed E-state index contributed by atoms with van der Waals surface area (Å²) in [6.07, 6.45) is 0.979. The Balaban J connectivity index is 1.73. The predicted molar refractivity (Wildman–Crippen MR) is 103 cm³/mol. The third-order valence-corrected chi connectivity index (χ3v) is 5.28. The Bertz CT molecular complexity index is 458. The molecule has 0 aliphatic carbocycles. The van der Waals surface area contributed by atoms with Crippen LogP contribution in [0.3, 0.4) is 0 Å². The maximum atomic E-state index is 12.1. The van der Waals surface area contributed by atoms with E-state index in [0.29, 0.717) is 6.04 Å². The van der Waals surface area contributed by atoms with Crippen molar-refractivity contribution < 1.29 is 4.79 Å². The lowest BCUT2D eigenvalue weighted by molar-refractivity contribution is -0.133. The number of nitrogens with one attached hydrogen (secondary N) is 2. The second kappa shape index (κ2) is 9.38. The Morgan fingerprint density at radius 2 is 1.84 bits per heavy atom. The molecule has 0 radical (unpaired) electrons. The highest BCUT2D eigenvalue weighted by molar-refractivity contribution is 5.81. The number of amides is 1. The Labute approximate surface area is 152 Å². The van der Waals surface area contributed by atoms with Crippen LogP contribution in [0.1, 0.15) is 27.2 Å². The number of nitrogens with zero attached hydrogens (tertiary/aromatic N) is 4. The van der Waals surface area contributed by atoms with Crippen LogP contribution in [0.25, 0.3) is 0 Å². The van der Waals surface area contributed by atoms with Crippen molar-refractivity contribution in [3.05, 3.63) is 0 Å². The molecule has 0 aromatic carbocycles. The monoisotopic (exact) mass is 352 g/mol. The molecule has 2 atom stereocenters. The number of hydrogen-bond donors (Lipinski definition) is 2. The molecule has 0 aromatic heterocycles. The zero-order valence-electron chi connectivity index (χ0n) is 16.6. The van der Waals surface area contributed by atoms with Gasteiger partial charge in [-0.1, -0.05) is 13.8 Å². The largest absolute Gasteiger partial charge is 0.355 e. The minimum absolute atomic E-state index is 0.0700. The van der Waals surface area contributed by atoms with Gasteiger partial charge in [-0.3, -0.25) is 14.7 Å². The Morgan fingerprint density at radius 1 is 1.16 bits per heavy atom. The molecule has 2 rings (SSSR count). The highest BCUT2D eigenvalue weighted by Crippen LogP contribution is 2.12. The van der Waals surface area contributed by atoms with Gasteiger partial charge in [0.1, 0.15) is 0 Å². The number of likely N-dealkylation sites (N-methyl/N-ethyl adjacent to an activating group) is 1. The van der Waals surface area contributed by atoms with Crippen LogP contribution in [-0.2, 0) is 4.79 Å². The van der Waals surface area contributed by atoms with Crippen molar-refractivity contribution in [2.75, 3.05) is 59.9 Å². The van der Waals surface area contributed by atoms with Crippen LogP contribution in [0.5, 0.6) is 0 Å². The van der Waals surface area contributed by atoms with Gasteiger partial charge in [0.05, 0.1) is 0 Å². The van der Waals surface area contributed by atoms with Crippen LogP contribution in [0.2, 0.25) is 0 Å². The number of rotatable bonds is 5. The first kappa shape index (κ1) is 20.0. The average Bonchev–Trinajstić information content (AvgIpc) is 3.06. The van der Waals surface area contributed by atoms with Gasteiger partial charge in [-0.05, 0) is 20.4 Å². The zero-order valence-corrected chi connectivity index (χ0v) is 16.6. The number of piperazine rings is 1. The van der Waals surface area contributed by atoms with Gasteiger partial charge in [0, 0.05) is 70.9 Å². The van der Waals surface area contributed by atoms with Crippen LogP contribution in [0, 0.1) is 5.92 Å². The molecule has 2 saturated heterocycles. The molecule has 7 heteroatoms. The van der Waals surface area contributed by atoms with Crippen molar-refractivity contribution in [1.82, 2.24) is 25.3 Å². The standard InChI is InChI=1S/C18H36N6O/c1-14(2)17(25)24-7-6-16(13-24)21-18(19-4)20-12-15(3)23-10-8-22(5)9-11-23/h14-16H,6-13H2,1-5H3,(H2,19,20,21). The summed E-state index contributed by atoms with van der Waals surface area (Å²) in [5.74, 6) is 1.15. The van der Waals surface area contributed by atoms with Crippen molar-refractivity contribution in [2.45, 2.75) is 39.3 Å². The predicted octanol–water partition coefficient (Wildman–Crippen LogP) is 0.0442. The van der Waals surface area contributed by atoms with E-state index in [1.165, 1.54) is 0 Å². The lowest BCUT2D eigenvalue weighted by Gasteiger charge is -2.36. The SMILES string of the molecule is CN=C(NCC(C)N1CCN(C)CC1)NC1CCN(C(=O)C(C)C)C1. The highest BCUT2D eigenvalue weighted by atomic mass is 16.2. The fourth-order valence-electron chi connectivity index (χ4n) is 3.47. The van der Waals surface area contributed by atoms with E-state index in [9.17, 15) is 4.79 Å². The molecule has 2 aliphatic heterocycles. The summed E-state index contributed by atoms with van der Waals surface area (Å²) in [7, 11) is 3.99. The summed E-state index contributed by atoms with van der Waals surface area (Å²) >= 11 is 0. The van der Waals surface area contributed by atoms with E-state index in [2.05, 4.69) is 39.4 Å². The number of guanidine groups is 1. The van der Waals surface area contributed by atoms with E-state index in [1.54, 1.807) is 0 Å². The Morgan fingerprint density at radius 3 is 2.44 bits per heavy atom. The van der Waals surface area contributed by atoms with E-state index >= 15 is 0 Å². The van der Waals surface area contributed by atoms with E-state index in [-0.39, 0.29) is 17.9 Å². The molecule has 25 heavy (non-hydrogen) atoms. The van der Waals surface area contributed by atoms with Crippen molar-refractivity contribution in [1.29, 1.82) is 0 Å². The topological polar surface area (TPSA) is 63.2 Å². The van der Waals surface area contributed by atoms with Crippen molar-refractivity contribution in [2.24, 2.45) is 10.9 Å². The third kappa shape index (κ3) is 5.85. The molecular formula is C18H36N6O. The van der Waals surface area contributed by atoms with Crippen molar-refractivity contribution in [3.8, 4) is 0 Å². The van der Waals surface area contributed by atoms with E-state index in [1.807, 2.05) is 25.8 Å². The van der Waals surface area contributed by atoms with E-state index in [4.69, 9.17) is 0 Å². The third-order valence-electron chi connectivity index (χ3n) is 5.28. The molecule has 0 bridgehead atoms. The van der Waals surface area contributed by atoms with Gasteiger partial charge in [-0.15, -0.1) is 0 Å². The van der Waals surface area contributed by atoms with Crippen molar-refractivity contribution in [3.63, 3.8) is 0 Å². The van der Waals surface area contributed by atoms with Gasteiger partial charge in [-0.25, -0.2) is 0 Å². The van der Waals surface area contributed by atoms with E-state index in [0.717, 1.165) is 58.2 Å². The van der Waals surface area contributed by atoms with Crippen LogP contribution in [0.4, 0.5) is 0 Å². The number of carbonyl (C=O) groups is 1. The normalized spacial score (nSPS) is 24.6. The number of hydrogen-bond acceptors (Lipinski definition) is 4. The molecule has 0 spiro atoms. The molecular weight excluding hydrogens is 316 g/mol. The van der Waals surface area contributed by atoms with Gasteiger partial charge < -0.3 is 20.4 Å². The minimum atomic E-state index is 0.0700. The Hall–Kier alpha value is -1.34. The van der Waals surface area contributed by atoms with Crippen molar-refractivity contribution >= 4 is 11.9 Å². The second-order valence-corrected chi connectivity index (χ2v) is 7.71. The smallest absolute Gasteiger partial charge is 0.225 e. The first-order valence-electron chi connectivity index (χ1n) is 9.59. The lowest BCUT2D eigenvalue weighted by atomic mass is 10.2. The summed E-state index contributed by atoms with van der Waals surface area (Å²) in [5.41, 5.74) is 0. The van der Waals surface area contributed by atoms with Gasteiger partial charge in [0.2, 0.25) is 5.91 Å².